The van der Waals surface area contributed by atoms with Crippen LogP contribution >= 0.6 is 67.8 Å². The molecule has 2 atom stereocenters. The lowest BCUT2D eigenvalue weighted by Crippen LogP contribution is -2.34. The summed E-state index contributed by atoms with van der Waals surface area (Å²) in [5.41, 5.74) is 6.54. The van der Waals surface area contributed by atoms with Gasteiger partial charge in [-0.3, -0.25) is 4.79 Å². The number of hydrogen-bond acceptors (Lipinski definition) is 4. The quantitative estimate of drug-likeness (QED) is 0.332. The van der Waals surface area contributed by atoms with Gasteiger partial charge in [0.15, 0.2) is 5.75 Å². The third-order valence-electron chi connectivity index (χ3n) is 3.00. The van der Waals surface area contributed by atoms with E-state index in [-0.39, 0.29) is 9.67 Å². The molecule has 122 valence electrons. The maximum Gasteiger partial charge on any atom is 0.321 e. The Kier molecular flexibility index (Phi) is 6.74. The van der Waals surface area contributed by atoms with Gasteiger partial charge in [-0.15, -0.1) is 0 Å². The molecule has 0 aliphatic heterocycles. The Morgan fingerprint density at radius 1 is 1.13 bits per heavy atom. The number of carboxylic acids is 1. The Morgan fingerprint density at radius 3 is 2.13 bits per heavy atom. The smallest absolute Gasteiger partial charge is 0.321 e. The highest BCUT2D eigenvalue weighted by molar-refractivity contribution is 14.1. The van der Waals surface area contributed by atoms with Gasteiger partial charge >= 0.3 is 5.97 Å². The molecule has 2 rings (SSSR count). The zero-order valence-electron chi connectivity index (χ0n) is 11.5. The number of nitrogens with two attached hydrogens (primary N) is 1. The summed E-state index contributed by atoms with van der Waals surface area (Å²) < 4.78 is 7.24. The highest BCUT2D eigenvalue weighted by Crippen LogP contribution is 2.37. The molecule has 0 saturated heterocycles. The van der Waals surface area contributed by atoms with Crippen LogP contribution in [0.25, 0.3) is 0 Å². The van der Waals surface area contributed by atoms with Crippen LogP contribution in [-0.2, 0) is 4.79 Å². The van der Waals surface area contributed by atoms with Gasteiger partial charge in [-0.05, 0) is 87.1 Å². The summed E-state index contributed by atoms with van der Waals surface area (Å²) >= 11 is 6.34. The minimum atomic E-state index is -1.03. The van der Waals surface area contributed by atoms with Crippen LogP contribution in [0.4, 0.5) is 0 Å². The molecule has 0 amide bonds. The van der Waals surface area contributed by atoms with Gasteiger partial charge in [0.05, 0.1) is 11.1 Å². The summed E-state index contributed by atoms with van der Waals surface area (Å²) in [5.74, 6) is 0.444. The first-order chi connectivity index (χ1) is 10.8. The predicted molar refractivity (Wildman–Crippen MR) is 112 cm³/mol. The zero-order chi connectivity index (χ0) is 17.1. The maximum absolute atomic E-state index is 11.0. The second-order valence-corrected chi connectivity index (χ2v) is 8.34. The van der Waals surface area contributed by atoms with E-state index in [4.69, 9.17) is 15.6 Å². The first-order valence-corrected chi connectivity index (χ1v) is 9.78. The average molecular weight is 651 g/mol. The van der Waals surface area contributed by atoms with Crippen LogP contribution in [-0.4, -0.2) is 22.2 Å². The second-order valence-electron chi connectivity index (χ2n) is 4.68. The number of halogens is 3. The van der Waals surface area contributed by atoms with Gasteiger partial charge in [0.1, 0.15) is 17.5 Å². The van der Waals surface area contributed by atoms with Crippen molar-refractivity contribution in [1.29, 1.82) is 0 Å². The van der Waals surface area contributed by atoms with E-state index in [1.54, 1.807) is 24.3 Å². The molecule has 4 N–H and O–H groups in total. The average Bonchev–Trinajstić information content (AvgIpc) is 2.50. The molecule has 0 aromatic heterocycles. The fourth-order valence-corrected chi connectivity index (χ4v) is 4.50. The van der Waals surface area contributed by atoms with Crippen molar-refractivity contribution in [1.82, 2.24) is 0 Å². The predicted octanol–water partition coefficient (Wildman–Crippen LogP) is 4.28. The number of alkyl halides is 1. The number of ether oxygens (including phenoxy) is 1. The Hall–Kier alpha value is -0.340. The number of aromatic hydroxyl groups is 1. The monoisotopic (exact) mass is 651 g/mol. The number of phenols is 1. The normalized spacial score (nSPS) is 13.4. The van der Waals surface area contributed by atoms with Crippen LogP contribution in [0, 0.1) is 7.14 Å². The van der Waals surface area contributed by atoms with Crippen LogP contribution in [0.5, 0.6) is 17.2 Å². The number of rotatable bonds is 5. The molecule has 0 heterocycles. The van der Waals surface area contributed by atoms with Crippen LogP contribution in [0.3, 0.4) is 0 Å². The van der Waals surface area contributed by atoms with Crippen molar-refractivity contribution >= 4 is 73.7 Å². The van der Waals surface area contributed by atoms with Crippen molar-refractivity contribution in [3.8, 4) is 17.2 Å². The molecule has 0 fully saturated rings. The minimum Gasteiger partial charge on any atom is -0.508 e. The molecule has 0 bridgehead atoms. The molecular formula is C15H12I3NO4. The van der Waals surface area contributed by atoms with Gasteiger partial charge in [0, 0.05) is 0 Å². The molecule has 0 aliphatic rings. The van der Waals surface area contributed by atoms with Crippen molar-refractivity contribution in [2.45, 2.75) is 9.97 Å². The topological polar surface area (TPSA) is 92.8 Å². The first kappa shape index (κ1) is 19.0. The van der Waals surface area contributed by atoms with E-state index in [0.717, 1.165) is 12.7 Å². The molecule has 0 radical (unpaired) electrons. The third kappa shape index (κ3) is 4.82. The largest absolute Gasteiger partial charge is 0.508 e. The van der Waals surface area contributed by atoms with E-state index >= 15 is 0 Å². The molecule has 5 nitrogen and oxygen atoms in total. The van der Waals surface area contributed by atoms with Gasteiger partial charge in [0.25, 0.3) is 0 Å². The molecular weight excluding hydrogens is 639 g/mol. The maximum atomic E-state index is 11.0. The Labute approximate surface area is 174 Å². The van der Waals surface area contributed by atoms with Gasteiger partial charge in [-0.2, -0.15) is 0 Å². The molecule has 1 unspecified atom stereocenters. The molecule has 0 aliphatic carbocycles. The standard InChI is InChI=1S/C15H12I3NO4/c16-10-5-7(12(18)13(19)15(21)22)6-11(17)14(10)23-9-3-1-8(20)2-4-9/h1-6,12-13,20H,19H2,(H,21,22)/t12?,13-/m0/s1. The highest BCUT2D eigenvalue weighted by atomic mass is 127. The molecule has 23 heavy (non-hydrogen) atoms. The summed E-state index contributed by atoms with van der Waals surface area (Å²) in [4.78, 5) is 11.0. The van der Waals surface area contributed by atoms with Gasteiger partial charge < -0.3 is 20.7 Å². The SMILES string of the molecule is N[C@H](C(=O)O)C(I)c1cc(I)c(Oc2ccc(O)cc2)c(I)c1. The van der Waals surface area contributed by atoms with Crippen molar-refractivity contribution in [2.24, 2.45) is 5.73 Å². The van der Waals surface area contributed by atoms with Crippen molar-refractivity contribution < 1.29 is 19.7 Å². The van der Waals surface area contributed by atoms with Gasteiger partial charge in [0.2, 0.25) is 0 Å². The molecule has 0 saturated carbocycles. The summed E-state index contributed by atoms with van der Waals surface area (Å²) in [5, 5.41) is 18.4. The number of carbonyl (C=O) groups is 1. The molecule has 2 aromatic carbocycles. The van der Waals surface area contributed by atoms with Gasteiger partial charge in [-0.1, -0.05) is 22.6 Å². The lowest BCUT2D eigenvalue weighted by molar-refractivity contribution is -0.138. The Morgan fingerprint density at radius 2 is 1.65 bits per heavy atom. The summed E-state index contributed by atoms with van der Waals surface area (Å²) in [6, 6.07) is 9.24. The van der Waals surface area contributed by atoms with Gasteiger partial charge in [-0.25, -0.2) is 0 Å². The van der Waals surface area contributed by atoms with E-state index in [1.807, 2.05) is 34.7 Å². The molecule has 8 heteroatoms. The lowest BCUT2D eigenvalue weighted by Gasteiger charge is -2.17. The van der Waals surface area contributed by atoms with Crippen molar-refractivity contribution in [3.63, 3.8) is 0 Å². The summed E-state index contributed by atoms with van der Waals surface area (Å²) in [6.07, 6.45) is 0. The first-order valence-electron chi connectivity index (χ1n) is 6.38. The number of aliphatic carboxylic acids is 1. The van der Waals surface area contributed by atoms with Crippen LogP contribution in [0.2, 0.25) is 0 Å². The number of carboxylic acid groups (broad SMARTS) is 1. The fourth-order valence-electron chi connectivity index (χ4n) is 1.80. The minimum absolute atomic E-state index is 0.174. The number of hydrogen-bond donors (Lipinski definition) is 3. The fraction of sp³-hybridized carbons (Fsp3) is 0.133. The van der Waals surface area contributed by atoms with Crippen LogP contribution < -0.4 is 10.5 Å². The third-order valence-corrected chi connectivity index (χ3v) is 6.09. The Bertz CT molecular complexity index is 698. The zero-order valence-corrected chi connectivity index (χ0v) is 18.0. The van der Waals surface area contributed by atoms with E-state index in [1.165, 1.54) is 0 Å². The van der Waals surface area contributed by atoms with Crippen molar-refractivity contribution in [2.75, 3.05) is 0 Å². The number of benzene rings is 2. The summed E-state index contributed by atoms with van der Waals surface area (Å²) in [6.45, 7) is 0. The van der Waals surface area contributed by atoms with E-state index in [2.05, 4.69) is 45.2 Å². The van der Waals surface area contributed by atoms with E-state index in [9.17, 15) is 9.90 Å². The van der Waals surface area contributed by atoms with Crippen LogP contribution in [0.1, 0.15) is 9.49 Å². The van der Waals surface area contributed by atoms with Crippen LogP contribution in [0.15, 0.2) is 36.4 Å². The van der Waals surface area contributed by atoms with E-state index < -0.39 is 12.0 Å². The molecule has 2 aromatic rings. The Balaban J connectivity index is 2.30. The molecule has 0 spiro atoms. The number of phenolic OH excluding ortho intramolecular Hbond substituents is 1. The summed E-state index contributed by atoms with van der Waals surface area (Å²) in [7, 11) is 0. The lowest BCUT2D eigenvalue weighted by atomic mass is 10.1. The van der Waals surface area contributed by atoms with E-state index in [0.29, 0.717) is 11.5 Å². The highest BCUT2D eigenvalue weighted by Gasteiger charge is 2.24. The second kappa shape index (κ2) is 8.16. The van der Waals surface area contributed by atoms with Crippen molar-refractivity contribution in [3.05, 3.63) is 49.1 Å².